The number of β-amino-alcohol motifs (C(OH)–C–C–N with tert-alkyl or cyclic N) is 1. The van der Waals surface area contributed by atoms with Gasteiger partial charge in [0.1, 0.15) is 11.5 Å². The Bertz CT molecular complexity index is 1910. The van der Waals surface area contributed by atoms with E-state index in [0.717, 1.165) is 76.4 Å². The van der Waals surface area contributed by atoms with E-state index in [1.165, 1.54) is 16.7 Å². The number of aliphatic hydroxyl groups excluding tert-OH is 1. The number of nitrogens with zero attached hydrogens (tertiary/aromatic N) is 6. The van der Waals surface area contributed by atoms with Gasteiger partial charge in [0.25, 0.3) is 0 Å². The van der Waals surface area contributed by atoms with Crippen LogP contribution in [0.4, 0.5) is 0 Å². The van der Waals surface area contributed by atoms with Gasteiger partial charge in [0.15, 0.2) is 0 Å². The van der Waals surface area contributed by atoms with Crippen LogP contribution >= 0.6 is 0 Å². The van der Waals surface area contributed by atoms with Gasteiger partial charge in [0, 0.05) is 49.4 Å². The fourth-order valence-corrected chi connectivity index (χ4v) is 6.80. The molecule has 46 heavy (non-hydrogen) atoms. The number of hydrogen-bond donors (Lipinski definition) is 1. The van der Waals surface area contributed by atoms with E-state index in [1.54, 1.807) is 4.90 Å². The first kappa shape index (κ1) is 30.2. The number of carbonyl (C=O) groups is 1. The number of fused-ring (bicyclic) bond motifs is 2. The molecule has 7 rings (SSSR count). The highest BCUT2D eigenvalue weighted by molar-refractivity contribution is 5.82. The van der Waals surface area contributed by atoms with Crippen LogP contribution < -0.4 is 0 Å². The van der Waals surface area contributed by atoms with Crippen LogP contribution in [0.5, 0.6) is 0 Å². The smallest absolute Gasteiger partial charge is 0.237 e. The van der Waals surface area contributed by atoms with Gasteiger partial charge in [-0.2, -0.15) is 0 Å². The SMILES string of the molecule is Cc1c(Cc2nccc3cc(CN4CC[C@H](O)C4)cnc23)cccc1-c1cccc(-c2nc3c(o2)CN(C(=O)CN(C)C)C3)c1C. The van der Waals surface area contributed by atoms with Crippen LogP contribution in [0.25, 0.3) is 33.5 Å². The summed E-state index contributed by atoms with van der Waals surface area (Å²) in [5.41, 5.74) is 10.6. The predicted octanol–water partition coefficient (Wildman–Crippen LogP) is 5.13. The van der Waals surface area contributed by atoms with Gasteiger partial charge in [-0.25, -0.2) is 4.98 Å². The number of benzene rings is 2. The van der Waals surface area contributed by atoms with E-state index in [-0.39, 0.29) is 12.0 Å². The highest BCUT2D eigenvalue weighted by Gasteiger charge is 2.30. The Labute approximate surface area is 269 Å². The maximum atomic E-state index is 12.6. The molecule has 5 heterocycles. The molecule has 2 aliphatic heterocycles. The topological polar surface area (TPSA) is 98.8 Å². The number of pyridine rings is 2. The molecule has 9 heteroatoms. The van der Waals surface area contributed by atoms with Gasteiger partial charge >= 0.3 is 0 Å². The van der Waals surface area contributed by atoms with Crippen LogP contribution in [0, 0.1) is 13.8 Å². The van der Waals surface area contributed by atoms with Crippen LogP contribution in [0.1, 0.15) is 45.8 Å². The van der Waals surface area contributed by atoms with Crippen molar-refractivity contribution in [1.82, 2.24) is 29.7 Å². The molecule has 236 valence electrons. The number of likely N-dealkylation sites (tertiary alicyclic amines) is 1. The second kappa shape index (κ2) is 12.4. The lowest BCUT2D eigenvalue weighted by Gasteiger charge is -2.18. The van der Waals surface area contributed by atoms with Gasteiger partial charge in [-0.3, -0.25) is 19.7 Å². The molecule has 1 fully saturated rings. The molecule has 1 saturated heterocycles. The number of amides is 1. The molecule has 5 aromatic rings. The van der Waals surface area contributed by atoms with Crippen molar-refractivity contribution in [2.45, 2.75) is 52.4 Å². The molecule has 0 spiro atoms. The summed E-state index contributed by atoms with van der Waals surface area (Å²) >= 11 is 0. The van der Waals surface area contributed by atoms with Gasteiger partial charge in [0.2, 0.25) is 11.8 Å². The summed E-state index contributed by atoms with van der Waals surface area (Å²) in [6.07, 6.45) is 5.11. The fraction of sp³-hybridized carbons (Fsp3) is 0.351. The summed E-state index contributed by atoms with van der Waals surface area (Å²) in [6.45, 7) is 8.03. The number of likely N-dealkylation sites (N-methyl/N-ethyl adjacent to an activating group) is 1. The third-order valence-electron chi connectivity index (χ3n) is 9.30. The van der Waals surface area contributed by atoms with Crippen molar-refractivity contribution < 1.29 is 14.3 Å². The monoisotopic (exact) mass is 616 g/mol. The first-order valence-electron chi connectivity index (χ1n) is 16.0. The summed E-state index contributed by atoms with van der Waals surface area (Å²) < 4.78 is 6.25. The van der Waals surface area contributed by atoms with E-state index in [2.05, 4.69) is 61.2 Å². The molecule has 3 aromatic heterocycles. The Hall–Kier alpha value is -4.44. The highest BCUT2D eigenvalue weighted by Crippen LogP contribution is 2.36. The number of carbonyl (C=O) groups excluding carboxylic acids is 1. The van der Waals surface area contributed by atoms with Crippen molar-refractivity contribution in [2.24, 2.45) is 0 Å². The average Bonchev–Trinajstić information content (AvgIpc) is 3.73. The highest BCUT2D eigenvalue weighted by atomic mass is 16.4. The van der Waals surface area contributed by atoms with Gasteiger partial charge < -0.3 is 19.3 Å². The summed E-state index contributed by atoms with van der Waals surface area (Å²) in [6, 6.07) is 17.0. The molecule has 0 radical (unpaired) electrons. The van der Waals surface area contributed by atoms with Crippen molar-refractivity contribution in [2.75, 3.05) is 33.7 Å². The van der Waals surface area contributed by atoms with Crippen molar-refractivity contribution in [3.05, 3.63) is 100 Å². The van der Waals surface area contributed by atoms with E-state index in [1.807, 2.05) is 37.5 Å². The number of aliphatic hydroxyl groups is 1. The molecule has 0 unspecified atom stereocenters. The summed E-state index contributed by atoms with van der Waals surface area (Å²) in [7, 11) is 3.79. The summed E-state index contributed by atoms with van der Waals surface area (Å²) in [5, 5.41) is 11.0. The third-order valence-corrected chi connectivity index (χ3v) is 9.30. The number of hydrogen-bond acceptors (Lipinski definition) is 8. The molecule has 1 N–H and O–H groups in total. The Balaban J connectivity index is 1.13. The van der Waals surface area contributed by atoms with Crippen LogP contribution in [0.2, 0.25) is 0 Å². The zero-order valence-corrected chi connectivity index (χ0v) is 27.0. The lowest BCUT2D eigenvalue weighted by Crippen LogP contribution is -2.34. The first-order valence-corrected chi connectivity index (χ1v) is 16.0. The minimum atomic E-state index is -0.227. The molecule has 1 amide bonds. The predicted molar refractivity (Wildman–Crippen MR) is 178 cm³/mol. The van der Waals surface area contributed by atoms with Crippen LogP contribution in [0.3, 0.4) is 0 Å². The number of oxazole rings is 1. The zero-order valence-electron chi connectivity index (χ0n) is 27.0. The van der Waals surface area contributed by atoms with Crippen molar-refractivity contribution in [3.8, 4) is 22.6 Å². The third kappa shape index (κ3) is 5.93. The van der Waals surface area contributed by atoms with E-state index in [4.69, 9.17) is 19.4 Å². The lowest BCUT2D eigenvalue weighted by atomic mass is 9.90. The maximum absolute atomic E-state index is 12.6. The molecular formula is C37H40N6O3. The Morgan fingerprint density at radius 1 is 1.02 bits per heavy atom. The molecular weight excluding hydrogens is 576 g/mol. The van der Waals surface area contributed by atoms with Gasteiger partial charge in [-0.15, -0.1) is 0 Å². The number of rotatable bonds is 8. The Morgan fingerprint density at radius 3 is 2.57 bits per heavy atom. The van der Waals surface area contributed by atoms with Crippen LogP contribution in [-0.2, 0) is 30.8 Å². The second-order valence-corrected chi connectivity index (χ2v) is 13.0. The average molecular weight is 617 g/mol. The van der Waals surface area contributed by atoms with Gasteiger partial charge in [0.05, 0.1) is 36.9 Å². The van der Waals surface area contributed by atoms with E-state index in [9.17, 15) is 9.90 Å². The van der Waals surface area contributed by atoms with Gasteiger partial charge in [-0.05, 0) is 85.9 Å². The largest absolute Gasteiger partial charge is 0.439 e. The van der Waals surface area contributed by atoms with Crippen molar-refractivity contribution in [1.29, 1.82) is 0 Å². The molecule has 2 aromatic carbocycles. The maximum Gasteiger partial charge on any atom is 0.237 e. The first-order chi connectivity index (χ1) is 22.2. The van der Waals surface area contributed by atoms with Crippen molar-refractivity contribution in [3.63, 3.8) is 0 Å². The van der Waals surface area contributed by atoms with Crippen LogP contribution in [0.15, 0.2) is 65.3 Å². The Morgan fingerprint density at radius 2 is 1.80 bits per heavy atom. The molecule has 0 bridgehead atoms. The second-order valence-electron chi connectivity index (χ2n) is 13.0. The van der Waals surface area contributed by atoms with Crippen molar-refractivity contribution >= 4 is 16.8 Å². The molecule has 0 aliphatic carbocycles. The van der Waals surface area contributed by atoms with Crippen LogP contribution in [-0.4, -0.2) is 80.5 Å². The molecule has 9 nitrogen and oxygen atoms in total. The van der Waals surface area contributed by atoms with E-state index in [0.29, 0.717) is 31.9 Å². The van der Waals surface area contributed by atoms with E-state index >= 15 is 0 Å². The minimum absolute atomic E-state index is 0.0755. The van der Waals surface area contributed by atoms with E-state index < -0.39 is 0 Å². The molecule has 0 saturated carbocycles. The lowest BCUT2D eigenvalue weighted by molar-refractivity contribution is -0.132. The minimum Gasteiger partial charge on any atom is -0.439 e. The summed E-state index contributed by atoms with van der Waals surface area (Å²) in [5.74, 6) is 1.44. The molecule has 2 aliphatic rings. The normalized spacial score (nSPS) is 16.6. The standard InChI is InChI=1S/C37H40N6O3/c1-23-26(16-32-36-27(11-13-38-32)15-25(17-39-36)18-42-14-12-28(44)19-42)7-5-8-29(23)30-9-6-10-31(24(30)2)37-40-33-20-43(21-34(33)46-37)35(45)22-41(3)4/h5-11,13,15,17,28,44H,12,14,16,18-22H2,1-4H3/t28-/m0/s1. The zero-order chi connectivity index (χ0) is 31.9. The summed E-state index contributed by atoms with van der Waals surface area (Å²) in [4.78, 5) is 33.0. The number of aromatic nitrogens is 3. The molecule has 1 atom stereocenters. The van der Waals surface area contributed by atoms with Gasteiger partial charge in [-0.1, -0.05) is 30.3 Å². The Kier molecular flexibility index (Phi) is 8.15. The fourth-order valence-electron chi connectivity index (χ4n) is 6.80. The quantitative estimate of drug-likeness (QED) is 0.256.